The van der Waals surface area contributed by atoms with Crippen molar-refractivity contribution in [1.82, 2.24) is 9.78 Å². The maximum atomic E-state index is 11.9. The van der Waals surface area contributed by atoms with Crippen LogP contribution in [0.15, 0.2) is 66.7 Å². The highest BCUT2D eigenvalue weighted by molar-refractivity contribution is 6.67. The van der Waals surface area contributed by atoms with Crippen molar-refractivity contribution < 1.29 is 14.3 Å². The van der Waals surface area contributed by atoms with Crippen molar-refractivity contribution in [3.8, 4) is 28.4 Å². The molecule has 0 unspecified atom stereocenters. The first-order chi connectivity index (χ1) is 13.6. The van der Waals surface area contributed by atoms with Gasteiger partial charge in [0, 0.05) is 5.39 Å². The summed E-state index contributed by atoms with van der Waals surface area (Å²) in [5, 5.41) is 5.91. The van der Waals surface area contributed by atoms with Gasteiger partial charge in [0.05, 0.1) is 31.2 Å². The molecule has 0 fully saturated rings. The minimum Gasteiger partial charge on any atom is -0.496 e. The molecule has 0 amide bonds. The first kappa shape index (κ1) is 18.1. The lowest BCUT2D eigenvalue weighted by Gasteiger charge is -2.15. The highest BCUT2D eigenvalue weighted by Crippen LogP contribution is 2.40. The Morgan fingerprint density at radius 1 is 0.929 bits per heavy atom. The van der Waals surface area contributed by atoms with Crippen molar-refractivity contribution in [2.45, 2.75) is 0 Å². The van der Waals surface area contributed by atoms with E-state index in [2.05, 4.69) is 5.10 Å². The summed E-state index contributed by atoms with van der Waals surface area (Å²) >= 11 is 5.75. The number of nitrogens with zero attached hydrogens (tertiary/aromatic N) is 2. The third-order valence-electron chi connectivity index (χ3n) is 4.59. The second kappa shape index (κ2) is 7.37. The first-order valence-corrected chi connectivity index (χ1v) is 9.01. The molecule has 0 saturated heterocycles. The lowest BCUT2D eigenvalue weighted by Crippen LogP contribution is -2.03. The summed E-state index contributed by atoms with van der Waals surface area (Å²) < 4.78 is 12.8. The average Bonchev–Trinajstić information content (AvgIpc) is 3.17. The van der Waals surface area contributed by atoms with Crippen LogP contribution in [0.5, 0.6) is 11.5 Å². The number of aromatic nitrogens is 2. The van der Waals surface area contributed by atoms with E-state index in [9.17, 15) is 4.79 Å². The number of ether oxygens (including phenoxy) is 2. The molecule has 0 radical (unpaired) electrons. The Bertz CT molecular complexity index is 1160. The molecular weight excluding hydrogens is 376 g/mol. The summed E-state index contributed by atoms with van der Waals surface area (Å²) in [5.74, 6) is 1.21. The number of methoxy groups -OCH3 is 2. The summed E-state index contributed by atoms with van der Waals surface area (Å²) in [6, 6.07) is 21.1. The van der Waals surface area contributed by atoms with Gasteiger partial charge in [-0.3, -0.25) is 4.79 Å². The van der Waals surface area contributed by atoms with Crippen LogP contribution in [0.2, 0.25) is 0 Å². The van der Waals surface area contributed by atoms with E-state index in [1.807, 2.05) is 60.7 Å². The van der Waals surface area contributed by atoms with Gasteiger partial charge >= 0.3 is 0 Å². The largest absolute Gasteiger partial charge is 0.496 e. The molecule has 0 aliphatic rings. The zero-order valence-electron chi connectivity index (χ0n) is 15.3. The quantitative estimate of drug-likeness (QED) is 0.444. The van der Waals surface area contributed by atoms with Crippen LogP contribution in [-0.2, 0) is 0 Å². The molecule has 0 aliphatic carbocycles. The van der Waals surface area contributed by atoms with Gasteiger partial charge in [-0.25, -0.2) is 4.68 Å². The van der Waals surface area contributed by atoms with Crippen LogP contribution in [0.25, 0.3) is 27.7 Å². The maximum absolute atomic E-state index is 11.9. The van der Waals surface area contributed by atoms with Crippen LogP contribution in [0, 0.1) is 0 Å². The van der Waals surface area contributed by atoms with Crippen molar-refractivity contribution in [1.29, 1.82) is 0 Å². The van der Waals surface area contributed by atoms with E-state index in [1.165, 1.54) is 0 Å². The second-order valence-corrected chi connectivity index (χ2v) is 6.48. The second-order valence-electron chi connectivity index (χ2n) is 6.14. The minimum atomic E-state index is -0.630. The van der Waals surface area contributed by atoms with Crippen molar-refractivity contribution in [2.24, 2.45) is 0 Å². The fourth-order valence-corrected chi connectivity index (χ4v) is 3.43. The lowest BCUT2D eigenvalue weighted by molar-refractivity contribution is 0.107. The number of hydrogen-bond donors (Lipinski definition) is 0. The molecule has 1 heterocycles. The van der Waals surface area contributed by atoms with Gasteiger partial charge in [0.1, 0.15) is 17.2 Å². The number of benzene rings is 3. The predicted octanol–water partition coefficient (Wildman–Crippen LogP) is 5.09. The Kier molecular flexibility index (Phi) is 4.75. The summed E-state index contributed by atoms with van der Waals surface area (Å²) in [4.78, 5) is 11.9. The molecule has 4 rings (SSSR count). The molecule has 3 aromatic carbocycles. The predicted molar refractivity (Wildman–Crippen MR) is 110 cm³/mol. The van der Waals surface area contributed by atoms with E-state index in [0.717, 1.165) is 16.5 Å². The highest BCUT2D eigenvalue weighted by atomic mass is 35.5. The molecule has 28 heavy (non-hydrogen) atoms. The van der Waals surface area contributed by atoms with Gasteiger partial charge in [0.25, 0.3) is 5.24 Å². The Morgan fingerprint density at radius 2 is 1.57 bits per heavy atom. The normalized spacial score (nSPS) is 10.8. The minimum absolute atomic E-state index is 0.151. The molecule has 4 aromatic rings. The van der Waals surface area contributed by atoms with Crippen LogP contribution < -0.4 is 9.47 Å². The van der Waals surface area contributed by atoms with E-state index < -0.39 is 5.24 Å². The van der Waals surface area contributed by atoms with E-state index in [-0.39, 0.29) is 5.69 Å². The summed E-state index contributed by atoms with van der Waals surface area (Å²) in [6.45, 7) is 0. The number of rotatable bonds is 5. The summed E-state index contributed by atoms with van der Waals surface area (Å²) in [5.41, 5.74) is 2.31. The van der Waals surface area contributed by atoms with Crippen LogP contribution >= 0.6 is 11.6 Å². The van der Waals surface area contributed by atoms with Crippen molar-refractivity contribution in [3.63, 3.8) is 0 Å². The zero-order chi connectivity index (χ0) is 19.7. The van der Waals surface area contributed by atoms with Gasteiger partial charge in [0.2, 0.25) is 0 Å². The molecule has 0 bridgehead atoms. The summed E-state index contributed by atoms with van der Waals surface area (Å²) in [7, 11) is 3.18. The van der Waals surface area contributed by atoms with E-state index in [4.69, 9.17) is 21.1 Å². The molecule has 0 saturated carbocycles. The molecule has 0 N–H and O–H groups in total. The van der Waals surface area contributed by atoms with Crippen molar-refractivity contribution >= 4 is 27.6 Å². The molecule has 140 valence electrons. The fraction of sp³-hybridized carbons (Fsp3) is 0.0909. The molecule has 0 aliphatic heterocycles. The Morgan fingerprint density at radius 3 is 2.25 bits per heavy atom. The standard InChI is InChI=1S/C22H17ClN2O3/c1-27-19-11-6-12-20(28-2)21(19)18-13-16(22(23)26)24-25(18)17-10-5-8-14-7-3-4-9-15(14)17/h3-13H,1-2H3. The number of halogens is 1. The third-order valence-corrected chi connectivity index (χ3v) is 4.78. The molecule has 0 atom stereocenters. The Labute approximate surface area is 167 Å². The smallest absolute Gasteiger partial charge is 0.272 e. The third kappa shape index (κ3) is 3.00. The van der Waals surface area contributed by atoms with Gasteiger partial charge in [-0.15, -0.1) is 0 Å². The molecule has 5 nitrogen and oxygen atoms in total. The van der Waals surface area contributed by atoms with E-state index in [0.29, 0.717) is 22.8 Å². The molecule has 0 spiro atoms. The Balaban J connectivity index is 2.07. The van der Waals surface area contributed by atoms with Crippen LogP contribution in [0.1, 0.15) is 10.5 Å². The van der Waals surface area contributed by atoms with Crippen molar-refractivity contribution in [3.05, 3.63) is 72.4 Å². The Hall–Kier alpha value is -3.31. The van der Waals surface area contributed by atoms with Crippen molar-refractivity contribution in [2.75, 3.05) is 14.2 Å². The molecular formula is C22H17ClN2O3. The monoisotopic (exact) mass is 392 g/mol. The fourth-order valence-electron chi connectivity index (χ4n) is 3.34. The molecule has 6 heteroatoms. The van der Waals surface area contributed by atoms with Crippen LogP contribution in [-0.4, -0.2) is 29.2 Å². The summed E-state index contributed by atoms with van der Waals surface area (Å²) in [6.07, 6.45) is 0. The SMILES string of the molecule is COc1cccc(OC)c1-c1cc(C(=O)Cl)nn1-c1cccc2ccccc12. The number of fused-ring (bicyclic) bond motifs is 1. The maximum Gasteiger partial charge on any atom is 0.272 e. The average molecular weight is 393 g/mol. The first-order valence-electron chi connectivity index (χ1n) is 8.63. The van der Waals surface area contributed by atoms with Gasteiger partial charge in [-0.1, -0.05) is 42.5 Å². The number of hydrogen-bond acceptors (Lipinski definition) is 4. The molecule has 1 aromatic heterocycles. The van der Waals surface area contributed by atoms with Gasteiger partial charge in [0.15, 0.2) is 0 Å². The highest BCUT2D eigenvalue weighted by Gasteiger charge is 2.22. The lowest BCUT2D eigenvalue weighted by atomic mass is 10.1. The topological polar surface area (TPSA) is 53.4 Å². The van der Waals surface area contributed by atoms with Crippen LogP contribution in [0.4, 0.5) is 0 Å². The van der Waals surface area contributed by atoms with E-state index >= 15 is 0 Å². The number of carbonyl (C=O) groups excluding carboxylic acids is 1. The van der Waals surface area contributed by atoms with Gasteiger partial charge in [-0.2, -0.15) is 5.10 Å². The van der Waals surface area contributed by atoms with Gasteiger partial charge in [-0.05, 0) is 41.3 Å². The zero-order valence-corrected chi connectivity index (χ0v) is 16.1. The van der Waals surface area contributed by atoms with Crippen LogP contribution in [0.3, 0.4) is 0 Å². The number of carbonyl (C=O) groups is 1. The van der Waals surface area contributed by atoms with E-state index in [1.54, 1.807) is 25.0 Å². The van der Waals surface area contributed by atoms with Gasteiger partial charge < -0.3 is 9.47 Å².